The Morgan fingerprint density at radius 1 is 1.50 bits per heavy atom. The lowest BCUT2D eigenvalue weighted by molar-refractivity contribution is 1.01. The van der Waals surface area contributed by atoms with E-state index >= 15 is 0 Å². The molecule has 0 radical (unpaired) electrons. The van der Waals surface area contributed by atoms with Gasteiger partial charge in [-0.2, -0.15) is 5.26 Å². The molecule has 0 aliphatic heterocycles. The number of rotatable bonds is 1. The maximum Gasteiger partial charge on any atom is 0.0988 e. The predicted molar refractivity (Wildman–Crippen MR) is 50.4 cm³/mol. The molecule has 1 nitrogen and oxygen atoms in total. The van der Waals surface area contributed by atoms with E-state index in [-0.39, 0.29) is 0 Å². The molecule has 0 atom stereocenters. The molecule has 0 aromatic carbocycles. The zero-order valence-corrected chi connectivity index (χ0v) is 7.59. The van der Waals surface area contributed by atoms with Crippen molar-refractivity contribution in [1.82, 2.24) is 0 Å². The Bertz CT molecular complexity index is 297. The van der Waals surface area contributed by atoms with Crippen LogP contribution >= 0.6 is 0 Å². The van der Waals surface area contributed by atoms with Gasteiger partial charge in [0.15, 0.2) is 0 Å². The average Bonchev–Trinajstić information content (AvgIpc) is 2.27. The Balaban J connectivity index is 2.91. The average molecular weight is 159 g/mol. The number of hydrogen-bond donors (Lipinski definition) is 0. The van der Waals surface area contributed by atoms with Crippen LogP contribution in [0.3, 0.4) is 0 Å². The summed E-state index contributed by atoms with van der Waals surface area (Å²) in [6.45, 7) is 4.25. The molecule has 62 valence electrons. The second-order valence-electron chi connectivity index (χ2n) is 2.95. The lowest BCUT2D eigenvalue weighted by Gasteiger charge is -2.01. The van der Waals surface area contributed by atoms with Crippen molar-refractivity contribution >= 4 is 0 Å². The van der Waals surface area contributed by atoms with Crippen LogP contribution in [-0.4, -0.2) is 0 Å². The van der Waals surface area contributed by atoms with E-state index in [4.69, 9.17) is 5.26 Å². The molecule has 1 aliphatic carbocycles. The van der Waals surface area contributed by atoms with Gasteiger partial charge >= 0.3 is 0 Å². The number of allylic oxidation sites excluding steroid dienone is 6. The van der Waals surface area contributed by atoms with Gasteiger partial charge in [-0.3, -0.25) is 0 Å². The van der Waals surface area contributed by atoms with Crippen molar-refractivity contribution in [3.63, 3.8) is 0 Å². The highest BCUT2D eigenvalue weighted by Crippen LogP contribution is 2.19. The van der Waals surface area contributed by atoms with Crippen molar-refractivity contribution in [1.29, 1.82) is 5.26 Å². The van der Waals surface area contributed by atoms with E-state index in [2.05, 4.69) is 19.9 Å². The molecule has 0 aromatic heterocycles. The SMILES string of the molecule is CCC1=C(C)C=CC(C#N)=CC1. The first-order valence-corrected chi connectivity index (χ1v) is 4.25. The summed E-state index contributed by atoms with van der Waals surface area (Å²) in [6.07, 6.45) is 7.91. The maximum atomic E-state index is 8.67. The van der Waals surface area contributed by atoms with Crippen LogP contribution in [0.2, 0.25) is 0 Å². The fourth-order valence-corrected chi connectivity index (χ4v) is 1.30. The summed E-state index contributed by atoms with van der Waals surface area (Å²) in [5.41, 5.74) is 3.51. The number of nitriles is 1. The van der Waals surface area contributed by atoms with E-state index in [9.17, 15) is 0 Å². The molecule has 0 aromatic rings. The third-order valence-corrected chi connectivity index (χ3v) is 2.19. The minimum absolute atomic E-state index is 0.776. The van der Waals surface area contributed by atoms with Crippen molar-refractivity contribution in [3.8, 4) is 6.07 Å². The fourth-order valence-electron chi connectivity index (χ4n) is 1.30. The smallest absolute Gasteiger partial charge is 0.0988 e. The van der Waals surface area contributed by atoms with Gasteiger partial charge in [-0.15, -0.1) is 0 Å². The van der Waals surface area contributed by atoms with Gasteiger partial charge in [0.1, 0.15) is 0 Å². The van der Waals surface area contributed by atoms with E-state index in [1.165, 1.54) is 11.1 Å². The third-order valence-electron chi connectivity index (χ3n) is 2.19. The minimum Gasteiger partial charge on any atom is -0.192 e. The van der Waals surface area contributed by atoms with E-state index < -0.39 is 0 Å². The van der Waals surface area contributed by atoms with Crippen LogP contribution in [0, 0.1) is 11.3 Å². The molecule has 0 N–H and O–H groups in total. The van der Waals surface area contributed by atoms with E-state index in [1.54, 1.807) is 0 Å². The van der Waals surface area contributed by atoms with Gasteiger partial charge in [0.05, 0.1) is 6.07 Å². The Morgan fingerprint density at radius 3 is 2.83 bits per heavy atom. The molecule has 0 fully saturated rings. The summed E-state index contributed by atoms with van der Waals surface area (Å²) >= 11 is 0. The lowest BCUT2D eigenvalue weighted by Crippen LogP contribution is -1.81. The van der Waals surface area contributed by atoms with Crippen molar-refractivity contribution in [2.45, 2.75) is 26.7 Å². The van der Waals surface area contributed by atoms with Crippen LogP contribution in [0.15, 0.2) is 34.9 Å². The van der Waals surface area contributed by atoms with Crippen LogP contribution in [0.4, 0.5) is 0 Å². The van der Waals surface area contributed by atoms with Crippen LogP contribution in [0.25, 0.3) is 0 Å². The van der Waals surface area contributed by atoms with Gasteiger partial charge in [0.2, 0.25) is 0 Å². The summed E-state index contributed by atoms with van der Waals surface area (Å²) in [7, 11) is 0. The van der Waals surface area contributed by atoms with E-state index in [0.717, 1.165) is 18.4 Å². The molecule has 0 saturated heterocycles. The molecule has 0 spiro atoms. The highest BCUT2D eigenvalue weighted by atomic mass is 14.2. The molecule has 1 aliphatic rings. The third kappa shape index (κ3) is 1.85. The van der Waals surface area contributed by atoms with Crippen molar-refractivity contribution < 1.29 is 0 Å². The molecule has 1 rings (SSSR count). The molecule has 0 unspecified atom stereocenters. The van der Waals surface area contributed by atoms with Crippen molar-refractivity contribution in [2.24, 2.45) is 0 Å². The first kappa shape index (κ1) is 8.80. The Labute approximate surface area is 73.7 Å². The Hall–Kier alpha value is -1.29. The maximum absolute atomic E-state index is 8.67. The zero-order chi connectivity index (χ0) is 8.97. The largest absolute Gasteiger partial charge is 0.192 e. The van der Waals surface area contributed by atoms with Gasteiger partial charge in [-0.05, 0) is 25.8 Å². The van der Waals surface area contributed by atoms with Crippen LogP contribution in [0.1, 0.15) is 26.7 Å². The molecule has 0 heterocycles. The fraction of sp³-hybridized carbons (Fsp3) is 0.364. The van der Waals surface area contributed by atoms with Gasteiger partial charge in [-0.1, -0.05) is 30.2 Å². The topological polar surface area (TPSA) is 23.8 Å². The van der Waals surface area contributed by atoms with Gasteiger partial charge in [-0.25, -0.2) is 0 Å². The second-order valence-corrected chi connectivity index (χ2v) is 2.95. The zero-order valence-electron chi connectivity index (χ0n) is 7.59. The normalized spacial score (nSPS) is 16.9. The Morgan fingerprint density at radius 2 is 2.25 bits per heavy atom. The summed E-state index contributed by atoms with van der Waals surface area (Å²) in [4.78, 5) is 0. The van der Waals surface area contributed by atoms with E-state index in [1.807, 2.05) is 18.2 Å². The first-order chi connectivity index (χ1) is 5.77. The van der Waals surface area contributed by atoms with Crippen molar-refractivity contribution in [3.05, 3.63) is 34.9 Å². The summed E-state index contributed by atoms with van der Waals surface area (Å²) < 4.78 is 0. The predicted octanol–water partition coefficient (Wildman–Crippen LogP) is 3.12. The van der Waals surface area contributed by atoms with Crippen molar-refractivity contribution in [2.75, 3.05) is 0 Å². The molecule has 0 bridgehead atoms. The Kier molecular flexibility index (Phi) is 2.88. The molecular weight excluding hydrogens is 146 g/mol. The first-order valence-electron chi connectivity index (χ1n) is 4.25. The van der Waals surface area contributed by atoms with Gasteiger partial charge in [0, 0.05) is 5.57 Å². The summed E-state index contributed by atoms with van der Waals surface area (Å²) in [5.74, 6) is 0. The minimum atomic E-state index is 0.776. The molecule has 0 saturated carbocycles. The molecular formula is C11H13N. The second kappa shape index (κ2) is 3.92. The monoisotopic (exact) mass is 159 g/mol. The summed E-state index contributed by atoms with van der Waals surface area (Å²) in [5, 5.41) is 8.67. The van der Waals surface area contributed by atoms with Gasteiger partial charge in [0.25, 0.3) is 0 Å². The van der Waals surface area contributed by atoms with Crippen LogP contribution in [0.5, 0.6) is 0 Å². The molecule has 1 heteroatoms. The van der Waals surface area contributed by atoms with Crippen LogP contribution in [-0.2, 0) is 0 Å². The number of nitrogens with zero attached hydrogens (tertiary/aromatic N) is 1. The van der Waals surface area contributed by atoms with E-state index in [0.29, 0.717) is 0 Å². The quantitative estimate of drug-likeness (QED) is 0.576. The standard InChI is InChI=1S/C11H13N/c1-3-11-7-6-10(8-12)5-4-9(11)2/h4-6H,3,7H2,1-2H3. The number of hydrogen-bond acceptors (Lipinski definition) is 1. The molecule has 0 amide bonds. The highest BCUT2D eigenvalue weighted by Gasteiger charge is 2.01. The van der Waals surface area contributed by atoms with Crippen LogP contribution < -0.4 is 0 Å². The summed E-state index contributed by atoms with van der Waals surface area (Å²) in [6, 6.07) is 2.16. The lowest BCUT2D eigenvalue weighted by atomic mass is 10.0. The van der Waals surface area contributed by atoms with Gasteiger partial charge < -0.3 is 0 Å². The highest BCUT2D eigenvalue weighted by molar-refractivity contribution is 5.41. The molecule has 12 heavy (non-hydrogen) atoms.